The molecular formula is C12H26N2O5S. The standard InChI is InChI=1S/C12H26N2O5S/c1-4-14(20(3,17)18)8-6-7-13-10-11(15)9-12(16)19-5-2/h11,13,15H,4-10H2,1-3H3. The maximum atomic E-state index is 11.3. The summed E-state index contributed by atoms with van der Waals surface area (Å²) >= 11 is 0. The highest BCUT2D eigenvalue weighted by Crippen LogP contribution is 1.98. The van der Waals surface area contributed by atoms with Gasteiger partial charge >= 0.3 is 5.97 Å². The van der Waals surface area contributed by atoms with Crippen LogP contribution < -0.4 is 5.32 Å². The number of nitrogens with one attached hydrogen (secondary N) is 1. The van der Waals surface area contributed by atoms with Crippen LogP contribution in [0.1, 0.15) is 26.7 Å². The van der Waals surface area contributed by atoms with Crippen molar-refractivity contribution in [3.63, 3.8) is 0 Å². The molecule has 0 rings (SSSR count). The number of rotatable bonds is 11. The largest absolute Gasteiger partial charge is 0.466 e. The van der Waals surface area contributed by atoms with Gasteiger partial charge in [0, 0.05) is 19.6 Å². The number of aliphatic hydroxyl groups is 1. The highest BCUT2D eigenvalue weighted by atomic mass is 32.2. The molecule has 0 spiro atoms. The smallest absolute Gasteiger partial charge is 0.308 e. The van der Waals surface area contributed by atoms with E-state index in [-0.39, 0.29) is 13.0 Å². The van der Waals surface area contributed by atoms with Gasteiger partial charge in [-0.05, 0) is 19.9 Å². The lowest BCUT2D eigenvalue weighted by Crippen LogP contribution is -2.34. The molecular weight excluding hydrogens is 284 g/mol. The Morgan fingerprint density at radius 1 is 1.40 bits per heavy atom. The summed E-state index contributed by atoms with van der Waals surface area (Å²) in [5.74, 6) is -0.420. The monoisotopic (exact) mass is 310 g/mol. The number of carbonyl (C=O) groups excluding carboxylic acids is 1. The van der Waals surface area contributed by atoms with Gasteiger partial charge in [-0.25, -0.2) is 12.7 Å². The average molecular weight is 310 g/mol. The van der Waals surface area contributed by atoms with Gasteiger partial charge in [0.2, 0.25) is 10.0 Å². The fourth-order valence-corrected chi connectivity index (χ4v) is 2.62. The Hall–Kier alpha value is -0.700. The summed E-state index contributed by atoms with van der Waals surface area (Å²) in [5, 5.41) is 12.5. The van der Waals surface area contributed by atoms with E-state index in [1.807, 2.05) is 0 Å². The van der Waals surface area contributed by atoms with E-state index in [0.29, 0.717) is 32.7 Å². The normalized spacial score (nSPS) is 13.4. The molecule has 0 saturated carbocycles. The molecule has 0 amide bonds. The summed E-state index contributed by atoms with van der Waals surface area (Å²) in [6, 6.07) is 0. The van der Waals surface area contributed by atoms with Crippen molar-refractivity contribution in [2.24, 2.45) is 0 Å². The molecule has 0 aromatic carbocycles. The maximum absolute atomic E-state index is 11.3. The summed E-state index contributed by atoms with van der Waals surface area (Å²) < 4.78 is 28.8. The Bertz CT molecular complexity index is 372. The van der Waals surface area contributed by atoms with E-state index in [1.165, 1.54) is 10.6 Å². The van der Waals surface area contributed by atoms with Crippen molar-refractivity contribution in [3.8, 4) is 0 Å². The van der Waals surface area contributed by atoms with Gasteiger partial charge in [-0.1, -0.05) is 6.92 Å². The predicted molar refractivity (Wildman–Crippen MR) is 76.8 cm³/mol. The third kappa shape index (κ3) is 9.24. The zero-order chi connectivity index (χ0) is 15.6. The molecule has 0 saturated heterocycles. The summed E-state index contributed by atoms with van der Waals surface area (Å²) in [5.41, 5.74) is 0. The number of aliphatic hydroxyl groups excluding tert-OH is 1. The predicted octanol–water partition coefficient (Wildman–Crippen LogP) is -0.438. The number of sulfonamides is 1. The van der Waals surface area contributed by atoms with E-state index in [9.17, 15) is 18.3 Å². The lowest BCUT2D eigenvalue weighted by molar-refractivity contribution is -0.145. The molecule has 0 aromatic heterocycles. The Morgan fingerprint density at radius 3 is 2.55 bits per heavy atom. The summed E-state index contributed by atoms with van der Waals surface area (Å²) in [7, 11) is -3.15. The van der Waals surface area contributed by atoms with E-state index >= 15 is 0 Å². The number of hydrogen-bond donors (Lipinski definition) is 2. The van der Waals surface area contributed by atoms with Crippen LogP contribution in [0.5, 0.6) is 0 Å². The highest BCUT2D eigenvalue weighted by molar-refractivity contribution is 7.88. The van der Waals surface area contributed by atoms with Crippen molar-refractivity contribution < 1.29 is 23.1 Å². The molecule has 0 bridgehead atoms. The van der Waals surface area contributed by atoms with Crippen molar-refractivity contribution in [1.29, 1.82) is 0 Å². The molecule has 2 N–H and O–H groups in total. The minimum Gasteiger partial charge on any atom is -0.466 e. The first kappa shape index (κ1) is 19.3. The van der Waals surface area contributed by atoms with Gasteiger partial charge in [-0.2, -0.15) is 0 Å². The van der Waals surface area contributed by atoms with Crippen LogP contribution in [0.15, 0.2) is 0 Å². The van der Waals surface area contributed by atoms with Crippen LogP contribution in [-0.4, -0.2) is 68.9 Å². The van der Waals surface area contributed by atoms with Crippen LogP contribution in [0.2, 0.25) is 0 Å². The Kier molecular flexibility index (Phi) is 9.74. The number of hydrogen-bond acceptors (Lipinski definition) is 6. The van der Waals surface area contributed by atoms with Gasteiger partial charge in [0.05, 0.1) is 25.4 Å². The van der Waals surface area contributed by atoms with E-state index < -0.39 is 22.1 Å². The highest BCUT2D eigenvalue weighted by Gasteiger charge is 2.14. The number of nitrogens with zero attached hydrogens (tertiary/aromatic N) is 1. The van der Waals surface area contributed by atoms with Crippen molar-refractivity contribution >= 4 is 16.0 Å². The lowest BCUT2D eigenvalue weighted by Gasteiger charge is -2.18. The van der Waals surface area contributed by atoms with Gasteiger partial charge in [0.15, 0.2) is 0 Å². The third-order valence-corrected chi connectivity index (χ3v) is 4.05. The van der Waals surface area contributed by atoms with Gasteiger partial charge < -0.3 is 15.2 Å². The first-order chi connectivity index (χ1) is 9.31. The summed E-state index contributed by atoms with van der Waals surface area (Å²) in [6.07, 6.45) is 1.01. The van der Waals surface area contributed by atoms with Crippen LogP contribution in [-0.2, 0) is 19.6 Å². The molecule has 0 aliphatic heterocycles. The number of esters is 1. The van der Waals surface area contributed by atoms with E-state index in [4.69, 9.17) is 4.74 Å². The maximum Gasteiger partial charge on any atom is 0.308 e. The van der Waals surface area contributed by atoms with Gasteiger partial charge in [-0.15, -0.1) is 0 Å². The lowest BCUT2D eigenvalue weighted by atomic mass is 10.2. The number of carbonyl (C=O) groups is 1. The second-order valence-electron chi connectivity index (χ2n) is 4.48. The Labute approximate surface area is 121 Å². The van der Waals surface area contributed by atoms with Crippen LogP contribution in [0.25, 0.3) is 0 Å². The van der Waals surface area contributed by atoms with Crippen molar-refractivity contribution in [2.45, 2.75) is 32.8 Å². The number of ether oxygens (including phenoxy) is 1. The van der Waals surface area contributed by atoms with E-state index in [0.717, 1.165) is 0 Å². The first-order valence-corrected chi connectivity index (χ1v) is 8.65. The molecule has 7 nitrogen and oxygen atoms in total. The van der Waals surface area contributed by atoms with Gasteiger partial charge in [0.1, 0.15) is 0 Å². The molecule has 8 heteroatoms. The second-order valence-corrected chi connectivity index (χ2v) is 6.46. The van der Waals surface area contributed by atoms with Gasteiger partial charge in [0.25, 0.3) is 0 Å². The molecule has 0 radical (unpaired) electrons. The zero-order valence-corrected chi connectivity index (χ0v) is 13.3. The molecule has 1 unspecified atom stereocenters. The molecule has 0 aliphatic carbocycles. The molecule has 0 heterocycles. The van der Waals surface area contributed by atoms with Crippen molar-refractivity contribution in [1.82, 2.24) is 9.62 Å². The Balaban J connectivity index is 3.73. The zero-order valence-electron chi connectivity index (χ0n) is 12.5. The van der Waals surface area contributed by atoms with Crippen LogP contribution in [0.4, 0.5) is 0 Å². The topological polar surface area (TPSA) is 95.9 Å². The van der Waals surface area contributed by atoms with Crippen LogP contribution >= 0.6 is 0 Å². The molecule has 0 fully saturated rings. The molecule has 0 aromatic rings. The summed E-state index contributed by atoms with van der Waals surface area (Å²) in [6.45, 7) is 5.55. The molecule has 1 atom stereocenters. The quantitative estimate of drug-likeness (QED) is 0.397. The van der Waals surface area contributed by atoms with Crippen LogP contribution in [0, 0.1) is 0 Å². The molecule has 120 valence electrons. The minimum absolute atomic E-state index is 0.0364. The Morgan fingerprint density at radius 2 is 2.05 bits per heavy atom. The van der Waals surface area contributed by atoms with Crippen molar-refractivity contribution in [3.05, 3.63) is 0 Å². The van der Waals surface area contributed by atoms with Crippen LogP contribution in [0.3, 0.4) is 0 Å². The first-order valence-electron chi connectivity index (χ1n) is 6.80. The van der Waals surface area contributed by atoms with E-state index in [1.54, 1.807) is 13.8 Å². The molecule has 0 aliphatic rings. The van der Waals surface area contributed by atoms with E-state index in [2.05, 4.69) is 5.32 Å². The molecule has 20 heavy (non-hydrogen) atoms. The SMILES string of the molecule is CCOC(=O)CC(O)CNCCCN(CC)S(C)(=O)=O. The van der Waals surface area contributed by atoms with Gasteiger partial charge in [-0.3, -0.25) is 4.79 Å². The third-order valence-electron chi connectivity index (χ3n) is 2.67. The summed E-state index contributed by atoms with van der Waals surface area (Å²) in [4.78, 5) is 11.1. The minimum atomic E-state index is -3.15. The fourth-order valence-electron chi connectivity index (χ4n) is 1.69. The average Bonchev–Trinajstić information content (AvgIpc) is 2.32. The van der Waals surface area contributed by atoms with Crippen molar-refractivity contribution in [2.75, 3.05) is 39.0 Å². The second kappa shape index (κ2) is 10.1. The fraction of sp³-hybridized carbons (Fsp3) is 0.917.